The molecule has 0 bridgehead atoms. The van der Waals surface area contributed by atoms with Crippen molar-refractivity contribution in [1.82, 2.24) is 21.3 Å². The van der Waals surface area contributed by atoms with Crippen LogP contribution in [0.15, 0.2) is 84.9 Å². The molecule has 12 heteroatoms. The van der Waals surface area contributed by atoms with E-state index < -0.39 is 48.2 Å². The number of nitrogens with two attached hydrogens (primary N) is 1. The first-order valence-electron chi connectivity index (χ1n) is 15.6. The minimum absolute atomic E-state index is 0.00394. The van der Waals surface area contributed by atoms with Crippen LogP contribution in [0.3, 0.4) is 0 Å². The molecule has 3 rings (SSSR count). The van der Waals surface area contributed by atoms with Crippen molar-refractivity contribution in [2.75, 3.05) is 18.9 Å². The van der Waals surface area contributed by atoms with Crippen LogP contribution >= 0.6 is 0 Å². The quantitative estimate of drug-likeness (QED) is 0.0910. The number of carbonyl (C=O) groups is 5. The number of hydrogen-bond donors (Lipinski definition) is 6. The third-order valence-corrected chi connectivity index (χ3v) is 7.45. The zero-order valence-corrected chi connectivity index (χ0v) is 26.8. The highest BCUT2D eigenvalue weighted by molar-refractivity contribution is 5.95. The highest BCUT2D eigenvalue weighted by Crippen LogP contribution is 2.13. The molecule has 7 N–H and O–H groups in total. The lowest BCUT2D eigenvalue weighted by atomic mass is 10.0. The molecule has 0 saturated heterocycles. The van der Waals surface area contributed by atoms with Crippen molar-refractivity contribution in [3.8, 4) is 0 Å². The second-order valence-corrected chi connectivity index (χ2v) is 11.1. The van der Waals surface area contributed by atoms with Crippen molar-refractivity contribution in [2.24, 2.45) is 5.73 Å². The fourth-order valence-electron chi connectivity index (χ4n) is 4.75. The number of ether oxygens (including phenoxy) is 1. The second-order valence-electron chi connectivity index (χ2n) is 11.1. The molecule has 250 valence electrons. The first-order valence-corrected chi connectivity index (χ1v) is 15.6. The number of para-hydroxylation sites is 1. The third-order valence-electron chi connectivity index (χ3n) is 7.45. The van der Waals surface area contributed by atoms with Gasteiger partial charge in [-0.1, -0.05) is 78.9 Å². The maximum Gasteiger partial charge on any atom is 0.319 e. The van der Waals surface area contributed by atoms with Crippen molar-refractivity contribution in [3.63, 3.8) is 0 Å². The van der Waals surface area contributed by atoms with E-state index in [1.807, 2.05) is 55.5 Å². The number of benzene rings is 3. The lowest BCUT2D eigenvalue weighted by Gasteiger charge is -2.24. The van der Waals surface area contributed by atoms with Crippen LogP contribution in [-0.4, -0.2) is 61.4 Å². The van der Waals surface area contributed by atoms with Crippen LogP contribution in [-0.2, 0) is 36.9 Å². The SMILES string of the molecule is CN[C@@H](CCCCNC(=O)Nc1ccccc1C)C(=O)N[C@@H](CC(=O)OCc1ccccc1)C(=O)N[C@@H](Cc1ccccc1)C(N)=O. The summed E-state index contributed by atoms with van der Waals surface area (Å²) in [5.41, 5.74) is 8.80. The van der Waals surface area contributed by atoms with Crippen LogP contribution in [0.4, 0.5) is 10.5 Å². The molecule has 0 aliphatic heterocycles. The summed E-state index contributed by atoms with van der Waals surface area (Å²) in [4.78, 5) is 64.0. The predicted octanol–water partition coefficient (Wildman–Crippen LogP) is 2.71. The van der Waals surface area contributed by atoms with Gasteiger partial charge < -0.3 is 37.1 Å². The zero-order valence-electron chi connectivity index (χ0n) is 26.8. The van der Waals surface area contributed by atoms with E-state index in [-0.39, 0.29) is 19.1 Å². The number of carbonyl (C=O) groups excluding carboxylic acids is 5. The molecule has 0 saturated carbocycles. The third kappa shape index (κ3) is 13.0. The molecule has 5 amide bonds. The van der Waals surface area contributed by atoms with Crippen molar-refractivity contribution in [3.05, 3.63) is 102 Å². The predicted molar refractivity (Wildman–Crippen MR) is 179 cm³/mol. The van der Waals surface area contributed by atoms with E-state index in [4.69, 9.17) is 10.5 Å². The molecule has 0 unspecified atom stereocenters. The number of rotatable bonds is 18. The van der Waals surface area contributed by atoms with Gasteiger partial charge in [-0.05, 0) is 56.0 Å². The molecule has 0 aromatic heterocycles. The number of urea groups is 1. The van der Waals surface area contributed by atoms with Crippen LogP contribution in [0.1, 0.15) is 42.4 Å². The summed E-state index contributed by atoms with van der Waals surface area (Å²) >= 11 is 0. The summed E-state index contributed by atoms with van der Waals surface area (Å²) in [7, 11) is 1.62. The molecule has 0 heterocycles. The van der Waals surface area contributed by atoms with E-state index in [0.717, 1.165) is 22.4 Å². The van der Waals surface area contributed by atoms with Crippen LogP contribution in [0, 0.1) is 6.92 Å². The molecular formula is C35H44N6O6. The van der Waals surface area contributed by atoms with Crippen molar-refractivity contribution in [1.29, 1.82) is 0 Å². The second kappa shape index (κ2) is 19.3. The van der Waals surface area contributed by atoms with Crippen LogP contribution in [0.5, 0.6) is 0 Å². The van der Waals surface area contributed by atoms with E-state index in [1.165, 1.54) is 0 Å². The largest absolute Gasteiger partial charge is 0.461 e. The Morgan fingerprint density at radius 1 is 0.745 bits per heavy atom. The first-order chi connectivity index (χ1) is 22.7. The van der Waals surface area contributed by atoms with Gasteiger partial charge in [-0.25, -0.2) is 4.79 Å². The molecule has 0 spiro atoms. The molecule has 3 aromatic rings. The van der Waals surface area contributed by atoms with Gasteiger partial charge in [0.2, 0.25) is 17.7 Å². The summed E-state index contributed by atoms with van der Waals surface area (Å²) in [6.07, 6.45) is 1.26. The Hall–Kier alpha value is -5.23. The molecule has 47 heavy (non-hydrogen) atoms. The minimum Gasteiger partial charge on any atom is -0.461 e. The summed E-state index contributed by atoms with van der Waals surface area (Å²) in [5.74, 6) is -2.71. The van der Waals surface area contributed by atoms with Gasteiger partial charge in [0.15, 0.2) is 0 Å². The summed E-state index contributed by atoms with van der Waals surface area (Å²) < 4.78 is 5.36. The molecule has 12 nitrogen and oxygen atoms in total. The highest BCUT2D eigenvalue weighted by atomic mass is 16.5. The van der Waals surface area contributed by atoms with Gasteiger partial charge in [-0.15, -0.1) is 0 Å². The van der Waals surface area contributed by atoms with Gasteiger partial charge in [0.25, 0.3) is 0 Å². The monoisotopic (exact) mass is 644 g/mol. The van der Waals surface area contributed by atoms with Gasteiger partial charge in [0, 0.05) is 18.7 Å². The number of hydrogen-bond acceptors (Lipinski definition) is 7. The number of nitrogens with one attached hydrogen (secondary N) is 5. The van der Waals surface area contributed by atoms with Crippen molar-refractivity contribution < 1.29 is 28.7 Å². The molecule has 0 aliphatic rings. The van der Waals surface area contributed by atoms with Crippen LogP contribution in [0.25, 0.3) is 0 Å². The number of aryl methyl sites for hydroxylation is 1. The van der Waals surface area contributed by atoms with Gasteiger partial charge in [0.1, 0.15) is 18.7 Å². The minimum atomic E-state index is -1.33. The maximum absolute atomic E-state index is 13.4. The average molecular weight is 645 g/mol. The smallest absolute Gasteiger partial charge is 0.319 e. The Labute approximate surface area is 275 Å². The van der Waals surface area contributed by atoms with Gasteiger partial charge >= 0.3 is 12.0 Å². The molecule has 0 fully saturated rings. The van der Waals surface area contributed by atoms with Gasteiger partial charge in [-0.2, -0.15) is 0 Å². The fourth-order valence-corrected chi connectivity index (χ4v) is 4.75. The number of anilines is 1. The molecule has 0 aliphatic carbocycles. The fraction of sp³-hybridized carbons (Fsp3) is 0.343. The Kier molecular flexibility index (Phi) is 14.9. The Bertz CT molecular complexity index is 1470. The molecular weight excluding hydrogens is 600 g/mol. The lowest BCUT2D eigenvalue weighted by molar-refractivity contribution is -0.147. The summed E-state index contributed by atoms with van der Waals surface area (Å²) in [6, 6.07) is 22.1. The number of likely N-dealkylation sites (N-methyl/N-ethyl adjacent to an activating group) is 1. The van der Waals surface area contributed by atoms with E-state index in [1.54, 1.807) is 43.4 Å². The molecule has 0 radical (unpaired) electrons. The molecule has 3 atom stereocenters. The Morgan fingerprint density at radius 2 is 1.34 bits per heavy atom. The van der Waals surface area contributed by atoms with Gasteiger partial charge in [-0.3, -0.25) is 19.2 Å². The van der Waals surface area contributed by atoms with E-state index in [2.05, 4.69) is 26.6 Å². The first kappa shape index (κ1) is 36.2. The van der Waals surface area contributed by atoms with Crippen LogP contribution < -0.4 is 32.3 Å². The number of amides is 5. The zero-order chi connectivity index (χ0) is 34.0. The number of unbranched alkanes of at least 4 members (excludes halogenated alkanes) is 1. The van der Waals surface area contributed by atoms with Crippen molar-refractivity contribution in [2.45, 2.75) is 63.8 Å². The van der Waals surface area contributed by atoms with E-state index in [0.29, 0.717) is 25.8 Å². The number of esters is 1. The lowest BCUT2D eigenvalue weighted by Crippen LogP contribution is -2.56. The van der Waals surface area contributed by atoms with Crippen LogP contribution in [0.2, 0.25) is 0 Å². The van der Waals surface area contributed by atoms with E-state index in [9.17, 15) is 24.0 Å². The van der Waals surface area contributed by atoms with Crippen molar-refractivity contribution >= 4 is 35.4 Å². The standard InChI is InChI=1S/C35H44N6O6/c1-24-13-9-10-18-27(24)41-35(46)38-20-12-11-19-28(37-2)33(44)40-30(22-31(42)47-23-26-16-7-4-8-17-26)34(45)39-29(32(36)43)21-25-14-5-3-6-15-25/h3-10,13-18,28-30,37H,11-12,19-23H2,1-2H3,(H2,36,43)(H,39,45)(H,40,44)(H2,38,41,46)/t28-,29-,30-/m0/s1. The Balaban J connectivity index is 1.57. The Morgan fingerprint density at radius 3 is 1.98 bits per heavy atom. The number of primary amides is 1. The summed E-state index contributed by atoms with van der Waals surface area (Å²) in [6.45, 7) is 2.29. The van der Waals surface area contributed by atoms with E-state index >= 15 is 0 Å². The molecule has 3 aromatic carbocycles. The maximum atomic E-state index is 13.4. The highest BCUT2D eigenvalue weighted by Gasteiger charge is 2.30. The average Bonchev–Trinajstić information content (AvgIpc) is 3.06. The normalized spacial score (nSPS) is 12.6. The summed E-state index contributed by atoms with van der Waals surface area (Å²) in [5, 5.41) is 13.8. The van der Waals surface area contributed by atoms with Gasteiger partial charge in [0.05, 0.1) is 12.5 Å². The topological polar surface area (TPSA) is 181 Å².